The smallest absolute Gasteiger partial charge is 0.407 e. The molecule has 9 heteroatoms. The molecule has 1 rings (SSSR count). The summed E-state index contributed by atoms with van der Waals surface area (Å²) in [6.45, 7) is 7.28. The van der Waals surface area contributed by atoms with Crippen LogP contribution in [0.25, 0.3) is 0 Å². The highest BCUT2D eigenvalue weighted by atomic mass is 35.5. The number of hydrogen-bond acceptors (Lipinski definition) is 5. The van der Waals surface area contributed by atoms with Gasteiger partial charge in [-0.25, -0.2) is 4.79 Å². The second kappa shape index (κ2) is 12.4. The van der Waals surface area contributed by atoms with E-state index < -0.39 is 29.6 Å². The molecule has 1 atom stereocenters. The number of unbranched alkanes of at least 4 members (excludes halogenated alkanes) is 1. The topological polar surface area (TPSA) is 128 Å². The van der Waals surface area contributed by atoms with Gasteiger partial charge in [0.05, 0.1) is 11.1 Å². The molecule has 4 N–H and O–H groups in total. The van der Waals surface area contributed by atoms with Gasteiger partial charge < -0.3 is 25.6 Å². The number of carbonyl (C=O) groups excluding carboxylic acids is 2. The van der Waals surface area contributed by atoms with Gasteiger partial charge in [0.1, 0.15) is 18.0 Å². The van der Waals surface area contributed by atoms with Crippen LogP contribution in [0.5, 0.6) is 5.75 Å². The number of nitrogens with one attached hydrogen (secondary N) is 1. The number of carbonyl (C=O) groups is 3. The molecule has 0 bridgehead atoms. The zero-order valence-electron chi connectivity index (χ0n) is 18.6. The summed E-state index contributed by atoms with van der Waals surface area (Å²) in [5.41, 5.74) is 6.47. The van der Waals surface area contributed by atoms with Crippen LogP contribution in [0, 0.1) is 6.92 Å². The molecule has 31 heavy (non-hydrogen) atoms. The number of halogens is 1. The molecule has 0 aromatic heterocycles. The van der Waals surface area contributed by atoms with Crippen LogP contribution in [-0.2, 0) is 20.7 Å². The number of aliphatic carboxylic acids is 1. The fraction of sp³-hybridized carbons (Fsp3) is 0.591. The van der Waals surface area contributed by atoms with Crippen LogP contribution in [0.2, 0.25) is 5.02 Å². The van der Waals surface area contributed by atoms with Gasteiger partial charge in [-0.05, 0) is 70.6 Å². The Morgan fingerprint density at radius 1 is 1.19 bits per heavy atom. The number of aryl methyl sites for hydroxylation is 1. The Balaban J connectivity index is 2.81. The van der Waals surface area contributed by atoms with E-state index in [1.807, 2.05) is 13.0 Å². The van der Waals surface area contributed by atoms with Crippen LogP contribution in [0.15, 0.2) is 12.1 Å². The number of nitrogens with two attached hydrogens (primary N) is 1. The average molecular weight is 457 g/mol. The Labute approximate surface area is 188 Å². The normalized spacial score (nSPS) is 12.2. The van der Waals surface area contributed by atoms with E-state index in [4.69, 9.17) is 31.9 Å². The predicted molar refractivity (Wildman–Crippen MR) is 118 cm³/mol. The lowest BCUT2D eigenvalue weighted by molar-refractivity contribution is -0.137. The van der Waals surface area contributed by atoms with Crippen molar-refractivity contribution in [2.45, 2.75) is 77.9 Å². The molecule has 0 radical (unpaired) electrons. The van der Waals surface area contributed by atoms with E-state index in [-0.39, 0.29) is 19.4 Å². The van der Waals surface area contributed by atoms with Gasteiger partial charge in [-0.3, -0.25) is 9.59 Å². The number of rotatable bonds is 12. The molecule has 0 saturated carbocycles. The van der Waals surface area contributed by atoms with E-state index in [0.717, 1.165) is 11.1 Å². The Morgan fingerprint density at radius 2 is 1.87 bits per heavy atom. The maximum Gasteiger partial charge on any atom is 0.407 e. The zero-order chi connectivity index (χ0) is 23.6. The predicted octanol–water partition coefficient (Wildman–Crippen LogP) is 3.98. The van der Waals surface area contributed by atoms with E-state index in [1.54, 1.807) is 26.8 Å². The molecule has 174 valence electrons. The van der Waals surface area contributed by atoms with Crippen molar-refractivity contribution in [2.75, 3.05) is 6.61 Å². The van der Waals surface area contributed by atoms with Crippen molar-refractivity contribution in [3.05, 3.63) is 28.3 Å². The molecule has 0 fully saturated rings. The molecule has 0 aliphatic carbocycles. The molecule has 0 heterocycles. The first kappa shape index (κ1) is 26.6. The third-order valence-corrected chi connectivity index (χ3v) is 4.82. The van der Waals surface area contributed by atoms with Gasteiger partial charge >= 0.3 is 12.1 Å². The van der Waals surface area contributed by atoms with Gasteiger partial charge in [-0.15, -0.1) is 0 Å². The minimum absolute atomic E-state index is 0.0771. The summed E-state index contributed by atoms with van der Waals surface area (Å²) in [7, 11) is 0. The SMILES string of the molecule is Cc1ccc(OCC(CCC(N)=O)NC(=O)OC(C)(C)C)c(Cl)c1CCCCC(=O)O. The summed E-state index contributed by atoms with van der Waals surface area (Å²) in [4.78, 5) is 34.0. The number of alkyl carbamates (subject to hydrolysis) is 1. The molecule has 1 aromatic rings. The highest BCUT2D eigenvalue weighted by molar-refractivity contribution is 6.33. The van der Waals surface area contributed by atoms with Crippen molar-refractivity contribution in [3.63, 3.8) is 0 Å². The van der Waals surface area contributed by atoms with Crippen LogP contribution >= 0.6 is 11.6 Å². The Kier molecular flexibility index (Phi) is 10.6. The van der Waals surface area contributed by atoms with Crippen LogP contribution in [0.1, 0.15) is 64.0 Å². The van der Waals surface area contributed by atoms with E-state index in [9.17, 15) is 14.4 Å². The molecular weight excluding hydrogens is 424 g/mol. The van der Waals surface area contributed by atoms with E-state index in [0.29, 0.717) is 36.5 Å². The van der Waals surface area contributed by atoms with E-state index in [1.165, 1.54) is 0 Å². The molecule has 2 amide bonds. The van der Waals surface area contributed by atoms with Crippen LogP contribution in [-0.4, -0.2) is 41.3 Å². The first-order valence-electron chi connectivity index (χ1n) is 10.3. The fourth-order valence-corrected chi connectivity index (χ4v) is 3.23. The highest BCUT2D eigenvalue weighted by Gasteiger charge is 2.21. The van der Waals surface area contributed by atoms with Gasteiger partial charge in [0, 0.05) is 12.8 Å². The van der Waals surface area contributed by atoms with Crippen LogP contribution in [0.3, 0.4) is 0 Å². The second-order valence-electron chi connectivity index (χ2n) is 8.43. The average Bonchev–Trinajstić information content (AvgIpc) is 2.62. The Morgan fingerprint density at radius 3 is 2.45 bits per heavy atom. The minimum atomic E-state index is -0.820. The van der Waals surface area contributed by atoms with Gasteiger partial charge in [0.25, 0.3) is 0 Å². The minimum Gasteiger partial charge on any atom is -0.490 e. The van der Waals surface area contributed by atoms with Crippen molar-refractivity contribution in [1.29, 1.82) is 0 Å². The maximum absolute atomic E-state index is 12.1. The first-order valence-corrected chi connectivity index (χ1v) is 10.7. The van der Waals surface area contributed by atoms with Crippen LogP contribution < -0.4 is 15.8 Å². The summed E-state index contributed by atoms with van der Waals surface area (Å²) < 4.78 is 11.1. The quantitative estimate of drug-likeness (QED) is 0.408. The lowest BCUT2D eigenvalue weighted by Crippen LogP contribution is -2.42. The third kappa shape index (κ3) is 10.9. The van der Waals surface area contributed by atoms with Crippen molar-refractivity contribution in [2.24, 2.45) is 5.73 Å². The van der Waals surface area contributed by atoms with Gasteiger partial charge in [-0.1, -0.05) is 17.7 Å². The van der Waals surface area contributed by atoms with Crippen molar-refractivity contribution in [3.8, 4) is 5.75 Å². The fourth-order valence-electron chi connectivity index (χ4n) is 2.87. The third-order valence-electron chi connectivity index (χ3n) is 4.41. The molecule has 1 unspecified atom stereocenters. The van der Waals surface area contributed by atoms with Gasteiger partial charge in [0.2, 0.25) is 5.91 Å². The Bertz CT molecular complexity index is 776. The highest BCUT2D eigenvalue weighted by Crippen LogP contribution is 2.32. The number of carboxylic acid groups (broad SMARTS) is 1. The summed E-state index contributed by atoms with van der Waals surface area (Å²) in [5.74, 6) is -0.844. The van der Waals surface area contributed by atoms with Gasteiger partial charge in [-0.2, -0.15) is 0 Å². The molecular formula is C22H33ClN2O6. The van der Waals surface area contributed by atoms with Crippen molar-refractivity contribution < 1.29 is 29.0 Å². The number of primary amides is 1. The summed E-state index contributed by atoms with van der Waals surface area (Å²) in [6.07, 6.45) is 1.77. The molecule has 8 nitrogen and oxygen atoms in total. The summed E-state index contributed by atoms with van der Waals surface area (Å²) in [5, 5.41) is 11.9. The van der Waals surface area contributed by atoms with Gasteiger partial charge in [0.15, 0.2) is 0 Å². The molecule has 0 aliphatic heterocycles. The Hall–Kier alpha value is -2.48. The maximum atomic E-state index is 12.1. The van der Waals surface area contributed by atoms with Crippen molar-refractivity contribution >= 4 is 29.6 Å². The number of hydrogen-bond donors (Lipinski definition) is 3. The monoisotopic (exact) mass is 456 g/mol. The largest absolute Gasteiger partial charge is 0.490 e. The first-order chi connectivity index (χ1) is 14.4. The number of ether oxygens (including phenoxy) is 2. The molecule has 0 spiro atoms. The van der Waals surface area contributed by atoms with E-state index in [2.05, 4.69) is 5.32 Å². The molecule has 0 saturated heterocycles. The lowest BCUT2D eigenvalue weighted by atomic mass is 10.0. The zero-order valence-corrected chi connectivity index (χ0v) is 19.4. The number of amides is 2. The van der Waals surface area contributed by atoms with E-state index >= 15 is 0 Å². The molecule has 1 aromatic carbocycles. The summed E-state index contributed by atoms with van der Waals surface area (Å²) >= 11 is 6.53. The van der Waals surface area contributed by atoms with Crippen molar-refractivity contribution in [1.82, 2.24) is 5.32 Å². The standard InChI is InChI=1S/C22H33ClN2O6/c1-14-9-11-17(20(23)16(14)7-5-6-8-19(27)28)30-13-15(10-12-18(24)26)25-21(29)31-22(2,3)4/h9,11,15H,5-8,10,12-13H2,1-4H3,(H2,24,26)(H,25,29)(H,27,28). The lowest BCUT2D eigenvalue weighted by Gasteiger charge is -2.24. The summed E-state index contributed by atoms with van der Waals surface area (Å²) in [6, 6.07) is 3.13. The number of carboxylic acids is 1. The second-order valence-corrected chi connectivity index (χ2v) is 8.81. The van der Waals surface area contributed by atoms with Crippen LogP contribution in [0.4, 0.5) is 4.79 Å². The molecule has 0 aliphatic rings. The number of benzene rings is 1.